The number of halogens is 4. The van der Waals surface area contributed by atoms with Crippen molar-refractivity contribution in [2.24, 2.45) is 0 Å². The second kappa shape index (κ2) is 4.49. The summed E-state index contributed by atoms with van der Waals surface area (Å²) in [7, 11) is 0.432. The summed E-state index contributed by atoms with van der Waals surface area (Å²) in [5.74, 6) is 0. The molecule has 16 heavy (non-hydrogen) atoms. The predicted octanol–water partition coefficient (Wildman–Crippen LogP) is 2.47. The average Bonchev–Trinajstić information content (AvgIpc) is 2.15. The van der Waals surface area contributed by atoms with Crippen molar-refractivity contribution in [3.05, 3.63) is 22.5 Å². The zero-order chi connectivity index (χ0) is 12.5. The van der Waals surface area contributed by atoms with Crippen LogP contribution in [0.1, 0.15) is 17.7 Å². The Hall–Kier alpha value is -0.970. The lowest BCUT2D eigenvalue weighted by molar-refractivity contribution is 0.148. The van der Waals surface area contributed by atoms with Crippen LogP contribution in [0.5, 0.6) is 0 Å². The van der Waals surface area contributed by atoms with Crippen LogP contribution in [0.4, 0.5) is 8.78 Å². The summed E-state index contributed by atoms with van der Waals surface area (Å²) in [6.07, 6.45) is -2.40. The maximum absolute atomic E-state index is 12.6. The van der Waals surface area contributed by atoms with Crippen molar-refractivity contribution in [1.29, 1.82) is 5.26 Å². The van der Waals surface area contributed by atoms with E-state index in [1.54, 1.807) is 0 Å². The minimum atomic E-state index is -4.52. The van der Waals surface area contributed by atoms with Gasteiger partial charge in [0.25, 0.3) is 15.5 Å². The Morgan fingerprint density at radius 2 is 2.06 bits per heavy atom. The summed E-state index contributed by atoms with van der Waals surface area (Å²) in [5, 5.41) is 7.99. The van der Waals surface area contributed by atoms with E-state index in [9.17, 15) is 17.2 Å². The topological polar surface area (TPSA) is 70.8 Å². The lowest BCUT2D eigenvalue weighted by atomic mass is 10.2. The van der Waals surface area contributed by atoms with Crippen LogP contribution in [0, 0.1) is 11.3 Å². The number of aromatic nitrogens is 1. The third-order valence-electron chi connectivity index (χ3n) is 1.59. The highest BCUT2D eigenvalue weighted by Gasteiger charge is 2.29. The first-order valence-electron chi connectivity index (χ1n) is 3.60. The average molecular weight is 287 g/mol. The molecule has 0 spiro atoms. The lowest BCUT2D eigenvalue weighted by Crippen LogP contribution is -2.05. The number of rotatable bonds is 2. The van der Waals surface area contributed by atoms with E-state index in [-0.39, 0.29) is 0 Å². The van der Waals surface area contributed by atoms with Gasteiger partial charge in [0.05, 0.1) is 10.6 Å². The fourth-order valence-corrected chi connectivity index (χ4v) is 2.56. The molecule has 0 saturated carbocycles. The summed E-state index contributed by atoms with van der Waals surface area (Å²) in [6, 6.07) is 1.36. The number of hydrogen-bond acceptors (Lipinski definition) is 4. The molecule has 0 fully saturated rings. The van der Waals surface area contributed by atoms with Crippen LogP contribution in [0.25, 0.3) is 0 Å². The molecule has 0 bridgehead atoms. The van der Waals surface area contributed by atoms with Crippen LogP contribution in [-0.2, 0) is 9.05 Å². The van der Waals surface area contributed by atoms with Gasteiger partial charge in [0.2, 0.25) is 0 Å². The number of pyridine rings is 1. The number of hydrogen-bond donors (Lipinski definition) is 0. The Bertz CT molecular complexity index is 568. The van der Waals surface area contributed by atoms with Gasteiger partial charge in [-0.05, 0) is 0 Å². The monoisotopic (exact) mass is 286 g/mol. The van der Waals surface area contributed by atoms with Crippen LogP contribution >= 0.6 is 22.3 Å². The van der Waals surface area contributed by atoms with Gasteiger partial charge in [-0.25, -0.2) is 22.2 Å². The molecule has 0 aliphatic rings. The third-order valence-corrected chi connectivity index (χ3v) is 3.26. The lowest BCUT2D eigenvalue weighted by Gasteiger charge is -2.08. The van der Waals surface area contributed by atoms with Crippen LogP contribution in [0.2, 0.25) is 5.02 Å². The maximum Gasteiger partial charge on any atom is 0.266 e. The Labute approximate surface area is 98.8 Å². The van der Waals surface area contributed by atoms with Gasteiger partial charge in [0.15, 0.2) is 5.69 Å². The van der Waals surface area contributed by atoms with E-state index in [1.165, 1.54) is 6.07 Å². The zero-order valence-electron chi connectivity index (χ0n) is 7.29. The first-order valence-corrected chi connectivity index (χ1v) is 6.29. The Kier molecular flexibility index (Phi) is 3.68. The molecular weight excluding hydrogens is 285 g/mol. The fourth-order valence-electron chi connectivity index (χ4n) is 1.02. The van der Waals surface area contributed by atoms with Gasteiger partial charge in [-0.1, -0.05) is 11.6 Å². The van der Waals surface area contributed by atoms with Gasteiger partial charge in [-0.3, -0.25) is 0 Å². The van der Waals surface area contributed by atoms with Gasteiger partial charge in [-0.2, -0.15) is 5.26 Å². The second-order valence-corrected chi connectivity index (χ2v) is 5.46. The Morgan fingerprint density at radius 1 is 1.50 bits per heavy atom. The molecular formula is C7H2Cl2F2N2O2S. The van der Waals surface area contributed by atoms with E-state index in [0.717, 1.165) is 6.20 Å². The molecule has 0 unspecified atom stereocenters. The zero-order valence-corrected chi connectivity index (χ0v) is 9.61. The molecule has 0 aromatic carbocycles. The molecule has 1 aromatic rings. The largest absolute Gasteiger partial charge is 0.266 e. The molecule has 0 aliphatic carbocycles. The number of nitriles is 1. The van der Waals surface area contributed by atoms with Crippen molar-refractivity contribution in [2.45, 2.75) is 11.3 Å². The first-order chi connectivity index (χ1) is 7.29. The van der Waals surface area contributed by atoms with Gasteiger partial charge < -0.3 is 0 Å². The number of alkyl halides is 2. The van der Waals surface area contributed by atoms with Gasteiger partial charge >= 0.3 is 0 Å². The van der Waals surface area contributed by atoms with Gasteiger partial charge in [0, 0.05) is 16.9 Å². The molecule has 86 valence electrons. The molecule has 4 nitrogen and oxygen atoms in total. The smallest absolute Gasteiger partial charge is 0.243 e. The van der Waals surface area contributed by atoms with Crippen LogP contribution in [-0.4, -0.2) is 13.4 Å². The second-order valence-electron chi connectivity index (χ2n) is 2.55. The SMILES string of the molecule is N#Cc1ncc(Cl)c(C(F)F)c1S(=O)(=O)Cl. The Balaban J connectivity index is 3.79. The van der Waals surface area contributed by atoms with Gasteiger partial charge in [-0.15, -0.1) is 0 Å². The quantitative estimate of drug-likeness (QED) is 0.783. The highest BCUT2D eigenvalue weighted by atomic mass is 35.7. The molecule has 0 amide bonds. The summed E-state index contributed by atoms with van der Waals surface area (Å²) in [5.41, 5.74) is -1.72. The van der Waals surface area contributed by atoms with Crippen molar-refractivity contribution < 1.29 is 17.2 Å². The molecule has 0 saturated heterocycles. The van der Waals surface area contributed by atoms with Crippen molar-refractivity contribution in [3.8, 4) is 6.07 Å². The third kappa shape index (κ3) is 2.40. The summed E-state index contributed by atoms with van der Waals surface area (Å²) >= 11 is 5.38. The molecule has 9 heteroatoms. The molecule has 1 aromatic heterocycles. The molecule has 0 aliphatic heterocycles. The first kappa shape index (κ1) is 13.1. The predicted molar refractivity (Wildman–Crippen MR) is 52.0 cm³/mol. The molecule has 1 rings (SSSR count). The van der Waals surface area contributed by atoms with E-state index in [4.69, 9.17) is 27.5 Å². The standard InChI is InChI=1S/C7H2Cl2F2N2O2S/c8-3-2-13-4(1-12)6(16(9,14)15)5(3)7(10)11/h2,7H. The fraction of sp³-hybridized carbons (Fsp3) is 0.143. The Morgan fingerprint density at radius 3 is 2.44 bits per heavy atom. The van der Waals surface area contributed by atoms with E-state index < -0.39 is 36.7 Å². The summed E-state index contributed by atoms with van der Waals surface area (Å²) in [4.78, 5) is 2.27. The van der Waals surface area contributed by atoms with Gasteiger partial charge in [0.1, 0.15) is 11.0 Å². The van der Waals surface area contributed by atoms with Crippen LogP contribution in [0.3, 0.4) is 0 Å². The van der Waals surface area contributed by atoms with E-state index in [0.29, 0.717) is 0 Å². The highest BCUT2D eigenvalue weighted by Crippen LogP contribution is 2.35. The van der Waals surface area contributed by atoms with Crippen molar-refractivity contribution in [2.75, 3.05) is 0 Å². The molecule has 0 atom stereocenters. The maximum atomic E-state index is 12.6. The van der Waals surface area contributed by atoms with E-state index >= 15 is 0 Å². The van der Waals surface area contributed by atoms with Crippen LogP contribution in [0.15, 0.2) is 11.1 Å². The summed E-state index contributed by atoms with van der Waals surface area (Å²) < 4.78 is 47.3. The normalized spacial score (nSPS) is 11.5. The molecule has 0 radical (unpaired) electrons. The minimum absolute atomic E-state index is 0.562. The molecule has 0 N–H and O–H groups in total. The highest BCUT2D eigenvalue weighted by molar-refractivity contribution is 8.13. The van der Waals surface area contributed by atoms with Crippen molar-refractivity contribution in [1.82, 2.24) is 4.98 Å². The van der Waals surface area contributed by atoms with E-state index in [2.05, 4.69) is 4.98 Å². The number of nitrogens with zero attached hydrogens (tertiary/aromatic N) is 2. The van der Waals surface area contributed by atoms with Crippen LogP contribution < -0.4 is 0 Å². The molecule has 1 heterocycles. The summed E-state index contributed by atoms with van der Waals surface area (Å²) in [6.45, 7) is 0. The van der Waals surface area contributed by atoms with E-state index in [1.807, 2.05) is 0 Å². The minimum Gasteiger partial charge on any atom is -0.243 e. The van der Waals surface area contributed by atoms with Crippen molar-refractivity contribution in [3.63, 3.8) is 0 Å². The van der Waals surface area contributed by atoms with Crippen molar-refractivity contribution >= 4 is 31.3 Å².